The molecule has 0 aromatic heterocycles. The average molecular weight is 319 g/mol. The highest BCUT2D eigenvalue weighted by atomic mass is 16.6. The molecule has 1 saturated heterocycles. The molecular weight excluding hydrogens is 293 g/mol. The fourth-order valence-electron chi connectivity index (χ4n) is 2.63. The Morgan fingerprint density at radius 2 is 1.91 bits per heavy atom. The van der Waals surface area contributed by atoms with Crippen LogP contribution in [0.1, 0.15) is 40.0 Å². The van der Waals surface area contributed by atoms with Crippen LogP contribution >= 0.6 is 0 Å². The van der Waals surface area contributed by atoms with Gasteiger partial charge in [-0.15, -0.1) is 0 Å². The highest BCUT2D eigenvalue weighted by Crippen LogP contribution is 2.22. The minimum Gasteiger partial charge on any atom is -0.460 e. The van der Waals surface area contributed by atoms with Crippen LogP contribution in [0.3, 0.4) is 0 Å². The number of carbonyl (C=O) groups excluding carboxylic acids is 1. The molecular formula is C17H26BNO4. The molecule has 0 bridgehead atoms. The van der Waals surface area contributed by atoms with Crippen LogP contribution < -0.4 is 11.2 Å². The molecule has 0 spiro atoms. The predicted molar refractivity (Wildman–Crippen MR) is 90.3 cm³/mol. The van der Waals surface area contributed by atoms with E-state index in [-0.39, 0.29) is 24.6 Å². The maximum absolute atomic E-state index is 12.1. The highest BCUT2D eigenvalue weighted by molar-refractivity contribution is 6.61. The van der Waals surface area contributed by atoms with Gasteiger partial charge in [0.15, 0.2) is 0 Å². The van der Waals surface area contributed by atoms with E-state index in [2.05, 4.69) is 0 Å². The lowest BCUT2D eigenvalue weighted by Crippen LogP contribution is -2.49. The number of hydrogen-bond acceptors (Lipinski definition) is 5. The van der Waals surface area contributed by atoms with Gasteiger partial charge in [-0.05, 0) is 45.6 Å². The second-order valence-corrected chi connectivity index (χ2v) is 6.86. The lowest BCUT2D eigenvalue weighted by atomic mass is 9.76. The van der Waals surface area contributed by atoms with Crippen LogP contribution in [0.2, 0.25) is 0 Å². The SMILES string of the molecule is CC(C)(C)OC(=O)C[C@H]1C[C@@H](CCN)OB(c2ccccc2)O1. The molecule has 0 amide bonds. The second-order valence-electron chi connectivity index (χ2n) is 6.86. The van der Waals surface area contributed by atoms with E-state index in [9.17, 15) is 4.79 Å². The minimum atomic E-state index is -0.488. The maximum Gasteiger partial charge on any atom is 0.494 e. The largest absolute Gasteiger partial charge is 0.494 e. The molecule has 6 heteroatoms. The highest BCUT2D eigenvalue weighted by Gasteiger charge is 2.36. The van der Waals surface area contributed by atoms with Gasteiger partial charge in [0.1, 0.15) is 5.60 Å². The van der Waals surface area contributed by atoms with Crippen molar-refractivity contribution in [2.24, 2.45) is 5.73 Å². The molecule has 1 aromatic rings. The van der Waals surface area contributed by atoms with Crippen molar-refractivity contribution < 1.29 is 18.8 Å². The zero-order valence-electron chi connectivity index (χ0n) is 14.2. The summed E-state index contributed by atoms with van der Waals surface area (Å²) >= 11 is 0. The number of ether oxygens (including phenoxy) is 1. The molecule has 2 atom stereocenters. The average Bonchev–Trinajstić information content (AvgIpc) is 2.46. The van der Waals surface area contributed by atoms with Gasteiger partial charge < -0.3 is 19.8 Å². The van der Waals surface area contributed by atoms with Crippen molar-refractivity contribution in [3.8, 4) is 0 Å². The number of benzene rings is 1. The van der Waals surface area contributed by atoms with E-state index in [0.717, 1.165) is 11.9 Å². The van der Waals surface area contributed by atoms with Gasteiger partial charge in [0.25, 0.3) is 0 Å². The number of hydrogen-bond donors (Lipinski definition) is 1. The smallest absolute Gasteiger partial charge is 0.460 e. The third-order valence-corrected chi connectivity index (χ3v) is 3.53. The Bertz CT molecular complexity index is 503. The second kappa shape index (κ2) is 7.95. The molecule has 1 aliphatic rings. The van der Waals surface area contributed by atoms with Crippen molar-refractivity contribution in [1.82, 2.24) is 0 Å². The lowest BCUT2D eigenvalue weighted by molar-refractivity contribution is -0.157. The Kier molecular flexibility index (Phi) is 6.21. The van der Waals surface area contributed by atoms with E-state index < -0.39 is 12.7 Å². The molecule has 1 heterocycles. The summed E-state index contributed by atoms with van der Waals surface area (Å²) in [6.45, 7) is 6.13. The van der Waals surface area contributed by atoms with Crippen LogP contribution in [0.4, 0.5) is 0 Å². The maximum atomic E-state index is 12.1. The molecule has 1 fully saturated rings. The van der Waals surface area contributed by atoms with Crippen LogP contribution in [0.15, 0.2) is 30.3 Å². The minimum absolute atomic E-state index is 0.00797. The summed E-state index contributed by atoms with van der Waals surface area (Å²) < 4.78 is 17.3. The molecule has 0 unspecified atom stereocenters. The third kappa shape index (κ3) is 5.97. The molecule has 5 nitrogen and oxygen atoms in total. The number of esters is 1. The van der Waals surface area contributed by atoms with Crippen molar-refractivity contribution in [1.29, 1.82) is 0 Å². The Labute approximate surface area is 138 Å². The van der Waals surface area contributed by atoms with Crippen molar-refractivity contribution in [2.75, 3.05) is 6.54 Å². The van der Waals surface area contributed by atoms with Crippen molar-refractivity contribution >= 4 is 18.6 Å². The van der Waals surface area contributed by atoms with E-state index in [1.54, 1.807) is 0 Å². The Hall–Kier alpha value is -1.37. The summed E-state index contributed by atoms with van der Waals surface area (Å²) in [7, 11) is -0.464. The van der Waals surface area contributed by atoms with E-state index in [0.29, 0.717) is 13.0 Å². The molecule has 1 aliphatic heterocycles. The van der Waals surface area contributed by atoms with Gasteiger partial charge in [-0.2, -0.15) is 0 Å². The Balaban J connectivity index is 2.02. The van der Waals surface area contributed by atoms with Crippen LogP contribution in [0.25, 0.3) is 0 Å². The number of nitrogens with two attached hydrogens (primary N) is 1. The summed E-state index contributed by atoms with van der Waals surface area (Å²) in [5.41, 5.74) is 6.12. The van der Waals surface area contributed by atoms with Gasteiger partial charge in [0, 0.05) is 6.10 Å². The van der Waals surface area contributed by atoms with E-state index in [4.69, 9.17) is 19.8 Å². The Morgan fingerprint density at radius 1 is 1.26 bits per heavy atom. The number of carbonyl (C=O) groups is 1. The Morgan fingerprint density at radius 3 is 2.52 bits per heavy atom. The van der Waals surface area contributed by atoms with Crippen molar-refractivity contribution in [3.05, 3.63) is 30.3 Å². The van der Waals surface area contributed by atoms with Gasteiger partial charge in [0.2, 0.25) is 0 Å². The standard InChI is InChI=1S/C17H26BNO4/c1-17(2,3)21-16(20)12-15-11-14(9-10-19)22-18(23-15)13-7-5-4-6-8-13/h4-8,14-15H,9-12,19H2,1-3H3/t14-,15-/m1/s1. The first kappa shape index (κ1) is 18.0. The van der Waals surface area contributed by atoms with Gasteiger partial charge >= 0.3 is 13.1 Å². The topological polar surface area (TPSA) is 70.8 Å². The van der Waals surface area contributed by atoms with Gasteiger partial charge in [0.05, 0.1) is 12.5 Å². The van der Waals surface area contributed by atoms with Gasteiger partial charge in [-0.1, -0.05) is 30.3 Å². The van der Waals surface area contributed by atoms with Crippen molar-refractivity contribution in [3.63, 3.8) is 0 Å². The third-order valence-electron chi connectivity index (χ3n) is 3.53. The first-order valence-electron chi connectivity index (χ1n) is 8.15. The zero-order valence-corrected chi connectivity index (χ0v) is 14.2. The van der Waals surface area contributed by atoms with Crippen LogP contribution in [-0.2, 0) is 18.8 Å². The number of rotatable bonds is 5. The molecule has 2 rings (SSSR count). The summed E-state index contributed by atoms with van der Waals surface area (Å²) in [5.74, 6) is -0.247. The summed E-state index contributed by atoms with van der Waals surface area (Å²) in [5, 5.41) is 0. The first-order chi connectivity index (χ1) is 10.9. The lowest BCUT2D eigenvalue weighted by Gasteiger charge is -2.34. The van der Waals surface area contributed by atoms with Crippen LogP contribution in [-0.4, -0.2) is 37.4 Å². The van der Waals surface area contributed by atoms with Crippen molar-refractivity contribution in [2.45, 2.75) is 57.8 Å². The molecule has 0 saturated carbocycles. The normalized spacial score (nSPS) is 22.0. The van der Waals surface area contributed by atoms with Crippen LogP contribution in [0.5, 0.6) is 0 Å². The first-order valence-corrected chi connectivity index (χ1v) is 8.15. The fourth-order valence-corrected chi connectivity index (χ4v) is 2.63. The van der Waals surface area contributed by atoms with E-state index in [1.807, 2.05) is 51.1 Å². The van der Waals surface area contributed by atoms with Gasteiger partial charge in [-0.3, -0.25) is 4.79 Å². The quantitative estimate of drug-likeness (QED) is 0.660. The summed E-state index contributed by atoms with van der Waals surface area (Å²) in [6, 6.07) is 9.75. The molecule has 126 valence electrons. The van der Waals surface area contributed by atoms with E-state index in [1.165, 1.54) is 0 Å². The summed E-state index contributed by atoms with van der Waals surface area (Å²) in [6.07, 6.45) is 1.40. The van der Waals surface area contributed by atoms with Crippen LogP contribution in [0, 0.1) is 0 Å². The molecule has 23 heavy (non-hydrogen) atoms. The fraction of sp³-hybridized carbons (Fsp3) is 0.588. The van der Waals surface area contributed by atoms with Gasteiger partial charge in [-0.25, -0.2) is 0 Å². The molecule has 1 aromatic carbocycles. The predicted octanol–water partition coefficient (Wildman–Crippen LogP) is 1.64. The van der Waals surface area contributed by atoms with E-state index >= 15 is 0 Å². The molecule has 0 radical (unpaired) electrons. The monoisotopic (exact) mass is 319 g/mol. The zero-order chi connectivity index (χ0) is 16.9. The molecule has 0 aliphatic carbocycles. The summed E-state index contributed by atoms with van der Waals surface area (Å²) in [4.78, 5) is 12.1. The molecule has 2 N–H and O–H groups in total.